The highest BCUT2D eigenvalue weighted by Gasteiger charge is 2.22. The van der Waals surface area contributed by atoms with Gasteiger partial charge in [-0.3, -0.25) is 4.98 Å². The van der Waals surface area contributed by atoms with Crippen LogP contribution in [0.5, 0.6) is 0 Å². The molecule has 25 heavy (non-hydrogen) atoms. The van der Waals surface area contributed by atoms with Crippen molar-refractivity contribution < 1.29 is 8.78 Å². The molecule has 1 aliphatic rings. The Morgan fingerprint density at radius 3 is 2.52 bits per heavy atom. The Hall–Kier alpha value is -3.09. The molecule has 1 fully saturated rings. The predicted octanol–water partition coefficient (Wildman–Crippen LogP) is 4.13. The second-order valence-electron chi connectivity index (χ2n) is 5.87. The fourth-order valence-corrected chi connectivity index (χ4v) is 2.39. The lowest BCUT2D eigenvalue weighted by atomic mass is 10.2. The molecule has 4 rings (SSSR count). The van der Waals surface area contributed by atoms with E-state index in [1.807, 2.05) is 12.1 Å². The molecule has 0 radical (unpaired) electrons. The minimum atomic E-state index is -0.554. The SMILES string of the molecule is Fc1ccc(F)c(Nc2cc(-c3ccncc3)nc(NC3CC3)n2)c1. The minimum Gasteiger partial charge on any atom is -0.351 e. The standard InChI is InChI=1S/C18H15F2N5/c19-12-1-4-14(20)16(9-12)23-17-10-15(11-5-7-21-8-6-11)24-18(25-17)22-13-2-3-13/h1,4-10,13H,2-3H2,(H2,22,23,24,25). The molecule has 0 aliphatic heterocycles. The van der Waals surface area contributed by atoms with Crippen molar-refractivity contribution >= 4 is 17.5 Å². The third-order valence-corrected chi connectivity index (χ3v) is 3.80. The third-order valence-electron chi connectivity index (χ3n) is 3.80. The summed E-state index contributed by atoms with van der Waals surface area (Å²) in [6.07, 6.45) is 5.49. The number of rotatable bonds is 5. The summed E-state index contributed by atoms with van der Waals surface area (Å²) in [4.78, 5) is 12.9. The van der Waals surface area contributed by atoms with Crippen molar-refractivity contribution in [1.29, 1.82) is 0 Å². The number of nitrogens with zero attached hydrogens (tertiary/aromatic N) is 3. The maximum atomic E-state index is 13.9. The summed E-state index contributed by atoms with van der Waals surface area (Å²) >= 11 is 0. The average molecular weight is 339 g/mol. The van der Waals surface area contributed by atoms with Crippen molar-refractivity contribution in [2.24, 2.45) is 0 Å². The molecule has 1 aliphatic carbocycles. The van der Waals surface area contributed by atoms with Gasteiger partial charge in [0.15, 0.2) is 0 Å². The Bertz CT molecular complexity index is 897. The fourth-order valence-electron chi connectivity index (χ4n) is 2.39. The smallest absolute Gasteiger partial charge is 0.225 e. The first-order chi connectivity index (χ1) is 12.2. The van der Waals surface area contributed by atoms with Gasteiger partial charge < -0.3 is 10.6 Å². The van der Waals surface area contributed by atoms with Crippen LogP contribution in [-0.2, 0) is 0 Å². The second-order valence-corrected chi connectivity index (χ2v) is 5.87. The van der Waals surface area contributed by atoms with Gasteiger partial charge in [0.2, 0.25) is 5.95 Å². The molecule has 1 saturated carbocycles. The normalized spacial score (nSPS) is 13.5. The van der Waals surface area contributed by atoms with Gasteiger partial charge >= 0.3 is 0 Å². The lowest BCUT2D eigenvalue weighted by molar-refractivity contribution is 0.603. The van der Waals surface area contributed by atoms with Gasteiger partial charge in [-0.15, -0.1) is 0 Å². The summed E-state index contributed by atoms with van der Waals surface area (Å²) in [5.41, 5.74) is 1.55. The van der Waals surface area contributed by atoms with Crippen LogP contribution in [0.3, 0.4) is 0 Å². The first kappa shape index (κ1) is 15.4. The Balaban J connectivity index is 1.71. The Morgan fingerprint density at radius 2 is 1.76 bits per heavy atom. The maximum Gasteiger partial charge on any atom is 0.225 e. The highest BCUT2D eigenvalue weighted by molar-refractivity contribution is 5.67. The van der Waals surface area contributed by atoms with E-state index in [9.17, 15) is 8.78 Å². The number of anilines is 3. The van der Waals surface area contributed by atoms with Gasteiger partial charge in [0.25, 0.3) is 0 Å². The first-order valence-corrected chi connectivity index (χ1v) is 7.95. The first-order valence-electron chi connectivity index (χ1n) is 7.95. The molecule has 126 valence electrons. The van der Waals surface area contributed by atoms with E-state index in [0.29, 0.717) is 23.5 Å². The fraction of sp³-hybridized carbons (Fsp3) is 0.167. The van der Waals surface area contributed by atoms with Crippen molar-refractivity contribution in [3.63, 3.8) is 0 Å². The van der Waals surface area contributed by atoms with E-state index in [-0.39, 0.29) is 5.69 Å². The van der Waals surface area contributed by atoms with Gasteiger partial charge in [-0.25, -0.2) is 13.8 Å². The molecular weight excluding hydrogens is 324 g/mol. The number of hydrogen-bond donors (Lipinski definition) is 2. The number of benzene rings is 1. The van der Waals surface area contributed by atoms with Crippen molar-refractivity contribution in [1.82, 2.24) is 15.0 Å². The maximum absolute atomic E-state index is 13.9. The zero-order valence-corrected chi connectivity index (χ0v) is 13.2. The summed E-state index contributed by atoms with van der Waals surface area (Å²) in [6.45, 7) is 0. The zero-order chi connectivity index (χ0) is 17.2. The molecule has 1 aromatic carbocycles. The van der Waals surface area contributed by atoms with Gasteiger partial charge in [-0.2, -0.15) is 4.98 Å². The van der Waals surface area contributed by atoms with E-state index < -0.39 is 11.6 Å². The van der Waals surface area contributed by atoms with Gasteiger partial charge in [0, 0.05) is 36.1 Å². The molecular formula is C18H15F2N5. The summed E-state index contributed by atoms with van der Waals surface area (Å²) in [7, 11) is 0. The minimum absolute atomic E-state index is 0.0248. The average Bonchev–Trinajstić information content (AvgIpc) is 3.43. The zero-order valence-electron chi connectivity index (χ0n) is 13.2. The van der Waals surface area contributed by atoms with Crippen molar-refractivity contribution in [2.75, 3.05) is 10.6 Å². The van der Waals surface area contributed by atoms with Gasteiger partial charge in [0.1, 0.15) is 17.5 Å². The van der Waals surface area contributed by atoms with Crippen LogP contribution in [0.15, 0.2) is 48.8 Å². The molecule has 2 N–H and O–H groups in total. The van der Waals surface area contributed by atoms with E-state index in [1.54, 1.807) is 18.5 Å². The molecule has 7 heteroatoms. The molecule has 3 aromatic rings. The number of aromatic nitrogens is 3. The van der Waals surface area contributed by atoms with Gasteiger partial charge in [-0.05, 0) is 37.1 Å². The molecule has 0 bridgehead atoms. The van der Waals surface area contributed by atoms with E-state index in [4.69, 9.17) is 0 Å². The van der Waals surface area contributed by atoms with E-state index in [0.717, 1.165) is 36.6 Å². The Kier molecular flexibility index (Phi) is 3.97. The molecule has 0 unspecified atom stereocenters. The topological polar surface area (TPSA) is 62.7 Å². The number of pyridine rings is 1. The van der Waals surface area contributed by atoms with Crippen molar-refractivity contribution in [2.45, 2.75) is 18.9 Å². The van der Waals surface area contributed by atoms with E-state index >= 15 is 0 Å². The Labute approximate surface area is 143 Å². The summed E-state index contributed by atoms with van der Waals surface area (Å²) in [6, 6.07) is 8.96. The molecule has 5 nitrogen and oxygen atoms in total. The number of hydrogen-bond acceptors (Lipinski definition) is 5. The van der Waals surface area contributed by atoms with Crippen LogP contribution in [0.1, 0.15) is 12.8 Å². The molecule has 0 atom stereocenters. The lowest BCUT2D eigenvalue weighted by Crippen LogP contribution is -2.08. The van der Waals surface area contributed by atoms with Crippen LogP contribution in [0.4, 0.5) is 26.2 Å². The molecule has 2 aromatic heterocycles. The second kappa shape index (κ2) is 6.43. The number of halogens is 2. The molecule has 0 saturated heterocycles. The molecule has 0 spiro atoms. The van der Waals surface area contributed by atoms with Crippen LogP contribution in [0.25, 0.3) is 11.3 Å². The largest absolute Gasteiger partial charge is 0.351 e. The van der Waals surface area contributed by atoms with Crippen LogP contribution in [0.2, 0.25) is 0 Å². The summed E-state index contributed by atoms with van der Waals surface area (Å²) < 4.78 is 27.3. The lowest BCUT2D eigenvalue weighted by Gasteiger charge is -2.11. The van der Waals surface area contributed by atoms with Crippen molar-refractivity contribution in [3.8, 4) is 11.3 Å². The van der Waals surface area contributed by atoms with Gasteiger partial charge in [0.05, 0.1) is 11.4 Å². The van der Waals surface area contributed by atoms with E-state index in [1.165, 1.54) is 0 Å². The summed E-state index contributed by atoms with van der Waals surface area (Å²) in [5.74, 6) is -0.239. The monoisotopic (exact) mass is 339 g/mol. The van der Waals surface area contributed by atoms with Crippen LogP contribution < -0.4 is 10.6 Å². The Morgan fingerprint density at radius 1 is 0.960 bits per heavy atom. The van der Waals surface area contributed by atoms with Crippen molar-refractivity contribution in [3.05, 3.63) is 60.4 Å². The molecule has 2 heterocycles. The molecule has 0 amide bonds. The predicted molar refractivity (Wildman–Crippen MR) is 91.5 cm³/mol. The quantitative estimate of drug-likeness (QED) is 0.732. The van der Waals surface area contributed by atoms with E-state index in [2.05, 4.69) is 25.6 Å². The number of nitrogens with one attached hydrogen (secondary N) is 2. The van der Waals surface area contributed by atoms with Crippen LogP contribution in [-0.4, -0.2) is 21.0 Å². The highest BCUT2D eigenvalue weighted by atomic mass is 19.1. The highest BCUT2D eigenvalue weighted by Crippen LogP contribution is 2.28. The van der Waals surface area contributed by atoms with Crippen LogP contribution in [0, 0.1) is 11.6 Å². The van der Waals surface area contributed by atoms with Crippen LogP contribution >= 0.6 is 0 Å². The summed E-state index contributed by atoms with van der Waals surface area (Å²) in [5, 5.41) is 6.07. The third kappa shape index (κ3) is 3.71. The van der Waals surface area contributed by atoms with Gasteiger partial charge in [-0.1, -0.05) is 0 Å².